The lowest BCUT2D eigenvalue weighted by molar-refractivity contribution is -0.122. The Morgan fingerprint density at radius 3 is 2.27 bits per heavy atom. The van der Waals surface area contributed by atoms with Crippen LogP contribution >= 0.6 is 24.4 Å². The maximum absolute atomic E-state index is 13.4. The first kappa shape index (κ1) is 23.0. The number of aliphatic imine (C=N–C) groups is 1. The van der Waals surface area contributed by atoms with E-state index in [1.165, 1.54) is 11.8 Å². The third-order valence-corrected chi connectivity index (χ3v) is 6.61. The zero-order valence-electron chi connectivity index (χ0n) is 18.8. The molecule has 0 N–H and O–H groups in total. The molecule has 5 nitrogen and oxygen atoms in total. The molecule has 3 aromatic rings. The molecular formula is C26H26N4OS2. The first-order chi connectivity index (χ1) is 15.9. The zero-order chi connectivity index (χ0) is 23.4. The van der Waals surface area contributed by atoms with Crippen LogP contribution in [-0.4, -0.2) is 37.1 Å². The quantitative estimate of drug-likeness (QED) is 0.363. The van der Waals surface area contributed by atoms with Gasteiger partial charge in [-0.3, -0.25) is 9.69 Å². The van der Waals surface area contributed by atoms with Crippen LogP contribution in [-0.2, 0) is 11.3 Å². The van der Waals surface area contributed by atoms with Gasteiger partial charge in [0.1, 0.15) is 0 Å². The minimum atomic E-state index is -0.0592. The minimum absolute atomic E-state index is 0.0592. The second-order valence-electron chi connectivity index (χ2n) is 7.88. The van der Waals surface area contributed by atoms with Crippen molar-refractivity contribution in [2.45, 2.75) is 11.4 Å². The summed E-state index contributed by atoms with van der Waals surface area (Å²) in [6.45, 7) is 0.464. The van der Waals surface area contributed by atoms with E-state index in [1.54, 1.807) is 4.90 Å². The van der Waals surface area contributed by atoms with E-state index in [4.69, 9.17) is 4.99 Å². The first-order valence-electron chi connectivity index (χ1n) is 10.5. The summed E-state index contributed by atoms with van der Waals surface area (Å²) in [5, 5.41) is 0.667. The van der Waals surface area contributed by atoms with Crippen molar-refractivity contribution in [2.24, 2.45) is 4.99 Å². The minimum Gasteiger partial charge on any atom is -0.378 e. The second-order valence-corrected chi connectivity index (χ2v) is 9.37. The van der Waals surface area contributed by atoms with Crippen LogP contribution in [0.25, 0.3) is 0 Å². The summed E-state index contributed by atoms with van der Waals surface area (Å²) in [7, 11) is 5.93. The van der Waals surface area contributed by atoms with Crippen LogP contribution in [0.5, 0.6) is 0 Å². The number of benzene rings is 3. The monoisotopic (exact) mass is 474 g/mol. The number of amides is 1. The average molecular weight is 475 g/mol. The molecular weight excluding hydrogens is 448 g/mol. The van der Waals surface area contributed by atoms with E-state index in [-0.39, 0.29) is 5.91 Å². The molecule has 1 fully saturated rings. The van der Waals surface area contributed by atoms with Gasteiger partial charge in [0.25, 0.3) is 5.91 Å². The first-order valence-corrected chi connectivity index (χ1v) is 11.8. The fourth-order valence-electron chi connectivity index (χ4n) is 3.43. The summed E-state index contributed by atoms with van der Waals surface area (Å²) in [6.07, 6.45) is 1.86. The van der Waals surface area contributed by atoms with Crippen molar-refractivity contribution in [1.82, 2.24) is 4.90 Å². The number of rotatable bonds is 6. The highest BCUT2D eigenvalue weighted by atomic mass is 32.2. The molecule has 0 radical (unpaired) electrons. The number of hydrogen-bond acceptors (Lipinski definition) is 6. The highest BCUT2D eigenvalue weighted by Crippen LogP contribution is 2.35. The lowest BCUT2D eigenvalue weighted by Gasteiger charge is -2.17. The van der Waals surface area contributed by atoms with E-state index in [2.05, 4.69) is 12.6 Å². The number of hydrogen-bond donors (Lipinski definition) is 1. The Hall–Kier alpha value is -3.16. The molecule has 1 heterocycles. The maximum Gasteiger partial charge on any atom is 0.268 e. The molecule has 1 aliphatic rings. The molecule has 1 saturated heterocycles. The van der Waals surface area contributed by atoms with Gasteiger partial charge in [-0.2, -0.15) is 0 Å². The molecule has 0 atom stereocenters. The van der Waals surface area contributed by atoms with E-state index >= 15 is 0 Å². The fraction of sp³-hybridized carbons (Fsp3) is 0.154. The summed E-state index contributed by atoms with van der Waals surface area (Å²) in [5.74, 6) is -0.0592. The van der Waals surface area contributed by atoms with Gasteiger partial charge in [0.15, 0.2) is 5.17 Å². The number of thioether (sulfide) groups is 1. The Bertz CT molecular complexity index is 1190. The number of thiol groups is 1. The fourth-order valence-corrected chi connectivity index (χ4v) is 4.76. The van der Waals surface area contributed by atoms with Crippen molar-refractivity contribution in [2.75, 3.05) is 30.9 Å². The molecule has 0 unspecified atom stereocenters. The molecule has 0 spiro atoms. The average Bonchev–Trinajstić information content (AvgIpc) is 3.09. The number of nitrogens with zero attached hydrogens (tertiary/aromatic N) is 4. The Kier molecular flexibility index (Phi) is 7.11. The van der Waals surface area contributed by atoms with Crippen LogP contribution in [0.2, 0.25) is 0 Å². The molecule has 3 aromatic carbocycles. The van der Waals surface area contributed by atoms with Gasteiger partial charge >= 0.3 is 0 Å². The predicted octanol–water partition coefficient (Wildman–Crippen LogP) is 5.78. The van der Waals surface area contributed by atoms with Crippen LogP contribution in [0.4, 0.5) is 17.1 Å². The Labute approximate surface area is 204 Å². The highest BCUT2D eigenvalue weighted by molar-refractivity contribution is 8.18. The summed E-state index contributed by atoms with van der Waals surface area (Å²) >= 11 is 5.94. The van der Waals surface area contributed by atoms with Crippen molar-refractivity contribution in [3.05, 3.63) is 95.5 Å². The van der Waals surface area contributed by atoms with Gasteiger partial charge < -0.3 is 9.80 Å². The van der Waals surface area contributed by atoms with Crippen LogP contribution in [0.3, 0.4) is 0 Å². The maximum atomic E-state index is 13.4. The van der Waals surface area contributed by atoms with Gasteiger partial charge in [0, 0.05) is 37.9 Å². The highest BCUT2D eigenvalue weighted by Gasteiger charge is 2.34. The number of anilines is 2. The molecule has 0 saturated carbocycles. The van der Waals surface area contributed by atoms with Gasteiger partial charge in [-0.1, -0.05) is 42.5 Å². The van der Waals surface area contributed by atoms with Gasteiger partial charge in [0.2, 0.25) is 0 Å². The van der Waals surface area contributed by atoms with Crippen molar-refractivity contribution in [1.29, 1.82) is 0 Å². The van der Waals surface area contributed by atoms with E-state index < -0.39 is 0 Å². The second kappa shape index (κ2) is 10.2. The summed E-state index contributed by atoms with van der Waals surface area (Å²) in [6, 6.07) is 25.8. The van der Waals surface area contributed by atoms with E-state index in [1.807, 2.05) is 116 Å². The SMILES string of the molecule is CN(C)c1ccc(N=C2S/C(=C/N(C)c3ccccc3S)C(=O)N2Cc2ccccc2)cc1. The molecule has 0 bridgehead atoms. The summed E-state index contributed by atoms with van der Waals surface area (Å²) in [5.41, 5.74) is 3.89. The summed E-state index contributed by atoms with van der Waals surface area (Å²) < 4.78 is 0. The van der Waals surface area contributed by atoms with E-state index in [0.717, 1.165) is 27.5 Å². The molecule has 33 heavy (non-hydrogen) atoms. The smallest absolute Gasteiger partial charge is 0.268 e. The van der Waals surface area contributed by atoms with Crippen LogP contribution in [0, 0.1) is 0 Å². The normalized spacial score (nSPS) is 16.0. The third-order valence-electron chi connectivity index (χ3n) is 5.24. The van der Waals surface area contributed by atoms with Gasteiger partial charge in [-0.25, -0.2) is 4.99 Å². The lowest BCUT2D eigenvalue weighted by atomic mass is 10.2. The molecule has 1 amide bonds. The van der Waals surface area contributed by atoms with Crippen molar-refractivity contribution in [3.8, 4) is 0 Å². The van der Waals surface area contributed by atoms with Gasteiger partial charge in [0.05, 0.1) is 22.8 Å². The summed E-state index contributed by atoms with van der Waals surface area (Å²) in [4.78, 5) is 25.4. The van der Waals surface area contributed by atoms with Crippen LogP contribution in [0.1, 0.15) is 5.56 Å². The predicted molar refractivity (Wildman–Crippen MR) is 143 cm³/mol. The zero-order valence-corrected chi connectivity index (χ0v) is 20.6. The Morgan fingerprint density at radius 2 is 1.61 bits per heavy atom. The van der Waals surface area contributed by atoms with E-state index in [0.29, 0.717) is 16.6 Å². The molecule has 0 aliphatic carbocycles. The van der Waals surface area contributed by atoms with Crippen molar-refractivity contribution >= 4 is 52.5 Å². The number of carbonyl (C=O) groups excluding carboxylic acids is 1. The van der Waals surface area contributed by atoms with Crippen molar-refractivity contribution < 1.29 is 4.79 Å². The van der Waals surface area contributed by atoms with Crippen LogP contribution in [0.15, 0.2) is 99.9 Å². The number of para-hydroxylation sites is 1. The lowest BCUT2D eigenvalue weighted by Crippen LogP contribution is -2.28. The van der Waals surface area contributed by atoms with Gasteiger partial charge in [-0.15, -0.1) is 12.6 Å². The molecule has 4 rings (SSSR count). The van der Waals surface area contributed by atoms with Crippen molar-refractivity contribution in [3.63, 3.8) is 0 Å². The number of carbonyl (C=O) groups is 1. The number of amidine groups is 1. The molecule has 7 heteroatoms. The van der Waals surface area contributed by atoms with Gasteiger partial charge in [-0.05, 0) is 53.7 Å². The van der Waals surface area contributed by atoms with E-state index in [9.17, 15) is 4.79 Å². The van der Waals surface area contributed by atoms with Crippen LogP contribution < -0.4 is 9.80 Å². The standard InChI is InChI=1S/C26H26N4OS2/c1-28(2)21-15-13-20(14-16-21)27-26-30(17-19-9-5-4-6-10-19)25(31)24(33-26)18-29(3)22-11-7-8-12-23(22)32/h4-16,18,32H,17H2,1-3H3/b24-18+,27-26?. The largest absolute Gasteiger partial charge is 0.378 e. The Balaban J connectivity index is 1.67. The topological polar surface area (TPSA) is 39.1 Å². The Morgan fingerprint density at radius 1 is 0.939 bits per heavy atom. The molecule has 0 aromatic heterocycles. The molecule has 1 aliphatic heterocycles. The third kappa shape index (κ3) is 5.43. The molecule has 168 valence electrons.